The highest BCUT2D eigenvalue weighted by molar-refractivity contribution is 6.35. The van der Waals surface area contributed by atoms with Crippen LogP contribution < -0.4 is 15.9 Å². The van der Waals surface area contributed by atoms with Crippen LogP contribution in [0.4, 0.5) is 5.82 Å². The lowest BCUT2D eigenvalue weighted by atomic mass is 10.1. The Bertz CT molecular complexity index is 1620. The molecule has 0 bridgehead atoms. The molecule has 2 heterocycles. The zero-order chi connectivity index (χ0) is 26.5. The summed E-state index contributed by atoms with van der Waals surface area (Å²) in [6, 6.07) is 21.4. The van der Waals surface area contributed by atoms with E-state index in [1.54, 1.807) is 48.5 Å². The van der Waals surface area contributed by atoms with Crippen molar-refractivity contribution in [1.29, 1.82) is 0 Å². The van der Waals surface area contributed by atoms with Gasteiger partial charge in [-0.05, 0) is 40.1 Å². The highest BCUT2D eigenvalue weighted by Gasteiger charge is 2.25. The predicted molar refractivity (Wildman–Crippen MR) is 141 cm³/mol. The molecule has 0 aliphatic rings. The Morgan fingerprint density at radius 3 is 2.68 bits per heavy atom. The van der Waals surface area contributed by atoms with E-state index in [9.17, 15) is 4.79 Å². The van der Waals surface area contributed by atoms with Gasteiger partial charge in [0, 0.05) is 21.2 Å². The molecule has 5 aromatic rings. The first-order chi connectivity index (χ1) is 18.5. The van der Waals surface area contributed by atoms with Gasteiger partial charge in [0.05, 0.1) is 6.21 Å². The van der Waals surface area contributed by atoms with Gasteiger partial charge in [-0.15, -0.1) is 5.10 Å². The Morgan fingerprint density at radius 2 is 1.92 bits per heavy atom. The molecule has 1 amide bonds. The van der Waals surface area contributed by atoms with E-state index in [2.05, 4.69) is 35.8 Å². The molecule has 3 N–H and O–H groups in total. The first kappa shape index (κ1) is 24.9. The van der Waals surface area contributed by atoms with Crippen LogP contribution in [-0.2, 0) is 6.61 Å². The van der Waals surface area contributed by atoms with Gasteiger partial charge in [0.1, 0.15) is 18.1 Å². The number of aromatic nitrogens is 5. The molecule has 0 saturated heterocycles. The largest absolute Gasteiger partial charge is 0.489 e. The van der Waals surface area contributed by atoms with E-state index in [0.717, 1.165) is 5.56 Å². The maximum Gasteiger partial charge on any atom is 0.294 e. The van der Waals surface area contributed by atoms with Crippen molar-refractivity contribution >= 4 is 41.1 Å². The number of hydrogen-bond donors (Lipinski definition) is 2. The van der Waals surface area contributed by atoms with Crippen LogP contribution in [0.1, 0.15) is 21.6 Å². The monoisotopic (exact) mass is 548 g/mol. The van der Waals surface area contributed by atoms with Crippen molar-refractivity contribution < 1.29 is 14.2 Å². The number of ether oxygens (including phenoxy) is 1. The van der Waals surface area contributed by atoms with Crippen molar-refractivity contribution in [2.45, 2.75) is 6.61 Å². The van der Waals surface area contributed by atoms with E-state index < -0.39 is 5.91 Å². The summed E-state index contributed by atoms with van der Waals surface area (Å²) in [7, 11) is 0. The van der Waals surface area contributed by atoms with Gasteiger partial charge in [-0.3, -0.25) is 4.79 Å². The average Bonchev–Trinajstić information content (AvgIpc) is 3.55. The van der Waals surface area contributed by atoms with Gasteiger partial charge in [0.25, 0.3) is 5.91 Å². The number of carbonyl (C=O) groups is 1. The predicted octanol–water partition coefficient (Wildman–Crippen LogP) is 4.55. The Morgan fingerprint density at radius 1 is 1.08 bits per heavy atom. The fourth-order valence-corrected chi connectivity index (χ4v) is 3.94. The van der Waals surface area contributed by atoms with Crippen molar-refractivity contribution in [3.05, 3.63) is 99.7 Å². The van der Waals surface area contributed by atoms with Crippen LogP contribution >= 0.6 is 23.2 Å². The maximum absolute atomic E-state index is 13.0. The summed E-state index contributed by atoms with van der Waals surface area (Å²) in [5.41, 5.74) is 10.8. The molecule has 11 nitrogen and oxygen atoms in total. The van der Waals surface area contributed by atoms with Gasteiger partial charge < -0.3 is 10.5 Å². The van der Waals surface area contributed by atoms with Crippen LogP contribution in [0.3, 0.4) is 0 Å². The van der Waals surface area contributed by atoms with Crippen LogP contribution in [0.25, 0.3) is 17.1 Å². The van der Waals surface area contributed by atoms with Crippen molar-refractivity contribution in [2.24, 2.45) is 5.10 Å². The third-order valence-corrected chi connectivity index (χ3v) is 5.86. The molecule has 3 aromatic carbocycles. The number of nitrogens with zero attached hydrogens (tertiary/aromatic N) is 6. The SMILES string of the molecule is Nc1nonc1-n1nnc(C(=O)N/N=C/c2cccc(OCc3ccc(Cl)cc3Cl)c2)c1-c1ccccc1. The highest BCUT2D eigenvalue weighted by Crippen LogP contribution is 2.26. The van der Waals surface area contributed by atoms with Crippen LogP contribution in [-0.4, -0.2) is 37.4 Å². The molecule has 0 fully saturated rings. The molecule has 38 heavy (non-hydrogen) atoms. The van der Waals surface area contributed by atoms with Gasteiger partial charge in [0.2, 0.25) is 11.6 Å². The minimum atomic E-state index is -0.592. The number of benzene rings is 3. The van der Waals surface area contributed by atoms with Gasteiger partial charge in [-0.1, -0.05) is 76.9 Å². The van der Waals surface area contributed by atoms with Gasteiger partial charge in [-0.25, -0.2) is 10.1 Å². The smallest absolute Gasteiger partial charge is 0.294 e. The number of rotatable bonds is 8. The molecule has 0 unspecified atom stereocenters. The maximum atomic E-state index is 13.0. The molecule has 0 saturated carbocycles. The summed E-state index contributed by atoms with van der Waals surface area (Å²) in [6.45, 7) is 0.261. The fraction of sp³-hybridized carbons (Fsp3) is 0.0400. The minimum Gasteiger partial charge on any atom is -0.489 e. The highest BCUT2D eigenvalue weighted by atomic mass is 35.5. The molecule has 0 aliphatic heterocycles. The average molecular weight is 549 g/mol. The first-order valence-electron chi connectivity index (χ1n) is 11.1. The summed E-state index contributed by atoms with van der Waals surface area (Å²) in [6.07, 6.45) is 1.48. The lowest BCUT2D eigenvalue weighted by molar-refractivity contribution is 0.0950. The number of halogens is 2. The number of hydrazone groups is 1. The van der Waals surface area contributed by atoms with Crippen LogP contribution in [0.15, 0.2) is 82.5 Å². The van der Waals surface area contributed by atoms with Crippen molar-refractivity contribution in [3.63, 3.8) is 0 Å². The van der Waals surface area contributed by atoms with Gasteiger partial charge >= 0.3 is 0 Å². The number of amides is 1. The number of hydrogen-bond acceptors (Lipinski definition) is 9. The molecular formula is C25H18Cl2N8O3. The summed E-state index contributed by atoms with van der Waals surface area (Å²) in [4.78, 5) is 13.0. The standard InChI is InChI=1S/C25H18Cl2N8O3/c26-18-10-9-17(20(27)12-18)14-37-19-8-4-5-15(11-19)13-29-31-25(36)21-22(16-6-2-1-3-7-16)35(34-30-21)24-23(28)32-38-33-24/h1-13H,14H2,(H2,28,32)(H,31,36)/b29-13+. The molecule has 0 atom stereocenters. The van der Waals surface area contributed by atoms with Gasteiger partial charge in [-0.2, -0.15) is 9.78 Å². The topological polar surface area (TPSA) is 146 Å². The minimum absolute atomic E-state index is 0.00232. The van der Waals surface area contributed by atoms with Crippen LogP contribution in [0.5, 0.6) is 5.75 Å². The lowest BCUT2D eigenvalue weighted by Gasteiger charge is -2.08. The van der Waals surface area contributed by atoms with E-state index >= 15 is 0 Å². The molecule has 190 valence electrons. The Balaban J connectivity index is 1.31. The summed E-state index contributed by atoms with van der Waals surface area (Å²) in [5.74, 6) is 0.110. The van der Waals surface area contributed by atoms with E-state index in [4.69, 9.17) is 33.7 Å². The van der Waals surface area contributed by atoms with E-state index in [1.807, 2.05) is 24.3 Å². The van der Waals surface area contributed by atoms with E-state index in [1.165, 1.54) is 10.9 Å². The van der Waals surface area contributed by atoms with Crippen LogP contribution in [0, 0.1) is 0 Å². The van der Waals surface area contributed by atoms with Gasteiger partial charge in [0.15, 0.2) is 5.69 Å². The lowest BCUT2D eigenvalue weighted by Crippen LogP contribution is -2.19. The third kappa shape index (κ3) is 5.48. The second-order valence-electron chi connectivity index (χ2n) is 7.83. The number of nitrogen functional groups attached to an aromatic ring is 1. The third-order valence-electron chi connectivity index (χ3n) is 5.28. The zero-order valence-electron chi connectivity index (χ0n) is 19.5. The Hall–Kier alpha value is -4.74. The molecule has 0 spiro atoms. The molecule has 5 rings (SSSR count). The molecule has 0 aliphatic carbocycles. The summed E-state index contributed by atoms with van der Waals surface area (Å²) < 4.78 is 11.8. The quantitative estimate of drug-likeness (QED) is 0.212. The van der Waals surface area contributed by atoms with E-state index in [-0.39, 0.29) is 23.9 Å². The number of carbonyl (C=O) groups excluding carboxylic acids is 1. The zero-order valence-corrected chi connectivity index (χ0v) is 21.0. The Labute approximate surface area is 225 Å². The van der Waals surface area contributed by atoms with E-state index in [0.29, 0.717) is 32.6 Å². The number of nitrogens with two attached hydrogens (primary N) is 1. The second-order valence-corrected chi connectivity index (χ2v) is 8.68. The summed E-state index contributed by atoms with van der Waals surface area (Å²) in [5, 5.41) is 20.5. The van der Waals surface area contributed by atoms with Crippen molar-refractivity contribution in [1.82, 2.24) is 30.7 Å². The number of nitrogens with one attached hydrogen (secondary N) is 1. The molecule has 13 heteroatoms. The fourth-order valence-electron chi connectivity index (χ4n) is 3.48. The van der Waals surface area contributed by atoms with Crippen molar-refractivity contribution in [2.75, 3.05) is 5.73 Å². The van der Waals surface area contributed by atoms with Crippen molar-refractivity contribution in [3.8, 4) is 22.8 Å². The first-order valence-corrected chi connectivity index (χ1v) is 11.8. The molecule has 0 radical (unpaired) electrons. The normalized spacial score (nSPS) is 11.1. The second kappa shape index (κ2) is 11.1. The van der Waals surface area contributed by atoms with Crippen LogP contribution in [0.2, 0.25) is 10.0 Å². The summed E-state index contributed by atoms with van der Waals surface area (Å²) >= 11 is 12.2. The molecule has 2 aromatic heterocycles. The molecular weight excluding hydrogens is 531 g/mol. The number of anilines is 1. The Kier molecular flexibility index (Phi) is 7.29.